The van der Waals surface area contributed by atoms with Gasteiger partial charge >= 0.3 is 0 Å². The Kier molecular flexibility index (Phi) is 1.81. The lowest BCUT2D eigenvalue weighted by atomic mass is 10.4. The Bertz CT molecular complexity index is 437. The van der Waals surface area contributed by atoms with Crippen LogP contribution in [0.1, 0.15) is 5.69 Å². The van der Waals surface area contributed by atoms with Crippen molar-refractivity contribution in [1.29, 1.82) is 0 Å². The van der Waals surface area contributed by atoms with Crippen molar-refractivity contribution in [1.82, 2.24) is 15.0 Å². The van der Waals surface area contributed by atoms with Gasteiger partial charge in [0.2, 0.25) is 0 Å². The van der Waals surface area contributed by atoms with E-state index in [0.717, 1.165) is 15.9 Å². The number of aromatic amines is 1. The zero-order valence-electron chi connectivity index (χ0n) is 6.23. The molecule has 2 aromatic heterocycles. The summed E-state index contributed by atoms with van der Waals surface area (Å²) in [5.74, 6) is 0. The smallest absolute Gasteiger partial charge is 0.157 e. The van der Waals surface area contributed by atoms with Crippen molar-refractivity contribution in [3.63, 3.8) is 0 Å². The fraction of sp³-hybridized carbons (Fsp3) is 0.143. The van der Waals surface area contributed by atoms with Crippen LogP contribution in [-0.4, -0.2) is 15.0 Å². The van der Waals surface area contributed by atoms with Crippen LogP contribution in [0, 0.1) is 6.92 Å². The molecule has 0 bridgehead atoms. The Hall–Kier alpha value is -0.610. The molecule has 2 rings (SSSR count). The molecule has 0 saturated heterocycles. The molecule has 1 N–H and O–H groups in total. The molecule has 0 fully saturated rings. The zero-order valence-corrected chi connectivity index (χ0v) is 8.57. The Morgan fingerprint density at radius 2 is 2.25 bits per heavy atom. The van der Waals surface area contributed by atoms with Crippen LogP contribution < -0.4 is 0 Å². The largest absolute Gasteiger partial charge is 0.343 e. The molecule has 0 aliphatic carbocycles. The molecule has 0 aliphatic rings. The molecule has 0 spiro atoms. The molecule has 12 heavy (non-hydrogen) atoms. The average molecular weight is 246 g/mol. The van der Waals surface area contributed by atoms with Gasteiger partial charge in [0, 0.05) is 6.20 Å². The zero-order chi connectivity index (χ0) is 8.72. The van der Waals surface area contributed by atoms with Gasteiger partial charge in [0.1, 0.15) is 10.1 Å². The average Bonchev–Trinajstić information content (AvgIpc) is 2.35. The normalized spacial score (nSPS) is 10.9. The van der Waals surface area contributed by atoms with Crippen LogP contribution in [0.25, 0.3) is 11.2 Å². The molecule has 0 amide bonds. The molecule has 0 aliphatic heterocycles. The number of halogens is 2. The summed E-state index contributed by atoms with van der Waals surface area (Å²) in [4.78, 5) is 11.4. The predicted molar refractivity (Wildman–Crippen MR) is 51.3 cm³/mol. The first-order chi connectivity index (χ1) is 5.68. The molecule has 0 atom stereocenters. The van der Waals surface area contributed by atoms with Crippen molar-refractivity contribution in [2.75, 3.05) is 0 Å². The van der Waals surface area contributed by atoms with Gasteiger partial charge < -0.3 is 4.98 Å². The van der Waals surface area contributed by atoms with Crippen LogP contribution in [0.2, 0.25) is 5.02 Å². The monoisotopic (exact) mass is 245 g/mol. The van der Waals surface area contributed by atoms with E-state index in [9.17, 15) is 0 Å². The Labute approximate surface area is 82.3 Å². The van der Waals surface area contributed by atoms with E-state index in [4.69, 9.17) is 11.6 Å². The first-order valence-corrected chi connectivity index (χ1v) is 4.52. The maximum atomic E-state index is 5.84. The van der Waals surface area contributed by atoms with Crippen LogP contribution in [0.5, 0.6) is 0 Å². The molecule has 0 saturated carbocycles. The Morgan fingerprint density at radius 3 is 3.00 bits per heavy atom. The molecule has 2 aromatic rings. The van der Waals surface area contributed by atoms with Crippen LogP contribution in [0.4, 0.5) is 0 Å². The molecular formula is C7H5BrClN3. The van der Waals surface area contributed by atoms with E-state index in [1.165, 1.54) is 0 Å². The van der Waals surface area contributed by atoms with E-state index >= 15 is 0 Å². The number of hydrogen-bond donors (Lipinski definition) is 1. The van der Waals surface area contributed by atoms with Crippen molar-refractivity contribution < 1.29 is 0 Å². The van der Waals surface area contributed by atoms with Gasteiger partial charge in [-0.3, -0.25) is 0 Å². The van der Waals surface area contributed by atoms with E-state index in [0.29, 0.717) is 10.5 Å². The minimum Gasteiger partial charge on any atom is -0.343 e. The quantitative estimate of drug-likeness (QED) is 0.776. The van der Waals surface area contributed by atoms with Gasteiger partial charge in [0.25, 0.3) is 0 Å². The molecule has 0 aromatic carbocycles. The predicted octanol–water partition coefficient (Wildman–Crippen LogP) is 2.68. The van der Waals surface area contributed by atoms with E-state index in [1.807, 2.05) is 6.92 Å². The molecule has 62 valence electrons. The lowest BCUT2D eigenvalue weighted by molar-refractivity contribution is 1.13. The van der Waals surface area contributed by atoms with Crippen LogP contribution >= 0.6 is 27.5 Å². The van der Waals surface area contributed by atoms with Crippen LogP contribution in [0.3, 0.4) is 0 Å². The van der Waals surface area contributed by atoms with Crippen molar-refractivity contribution in [3.8, 4) is 0 Å². The summed E-state index contributed by atoms with van der Waals surface area (Å²) in [6.07, 6.45) is 1.68. The van der Waals surface area contributed by atoms with Crippen LogP contribution in [-0.2, 0) is 0 Å². The van der Waals surface area contributed by atoms with Gasteiger partial charge in [-0.1, -0.05) is 11.6 Å². The summed E-state index contributed by atoms with van der Waals surface area (Å²) in [7, 11) is 0. The fourth-order valence-corrected chi connectivity index (χ4v) is 1.42. The van der Waals surface area contributed by atoms with Crippen molar-refractivity contribution in [3.05, 3.63) is 21.5 Å². The van der Waals surface area contributed by atoms with Crippen molar-refractivity contribution >= 4 is 38.7 Å². The second-order valence-corrected chi connectivity index (χ2v) is 3.59. The second-order valence-electron chi connectivity index (χ2n) is 2.43. The third-order valence-corrected chi connectivity index (χ3v) is 2.61. The van der Waals surface area contributed by atoms with E-state index in [2.05, 4.69) is 30.9 Å². The van der Waals surface area contributed by atoms with E-state index in [-0.39, 0.29) is 0 Å². The van der Waals surface area contributed by atoms with Crippen molar-refractivity contribution in [2.45, 2.75) is 6.92 Å². The topological polar surface area (TPSA) is 41.6 Å². The molecule has 5 heteroatoms. The summed E-state index contributed by atoms with van der Waals surface area (Å²) in [6, 6.07) is 0. The first kappa shape index (κ1) is 8.01. The molecule has 3 nitrogen and oxygen atoms in total. The standard InChI is InChI=1S/C7H5BrClN3/c1-3-6(8)12-5-4(9)2-10-7(5)11-3/h2H,1H3,(H,10,11). The molecule has 0 radical (unpaired) electrons. The Balaban J connectivity index is 2.87. The lowest BCUT2D eigenvalue weighted by Crippen LogP contribution is -1.88. The number of rotatable bonds is 0. The van der Waals surface area contributed by atoms with Gasteiger partial charge in [0.15, 0.2) is 5.65 Å². The van der Waals surface area contributed by atoms with Gasteiger partial charge in [0.05, 0.1) is 10.7 Å². The minimum absolute atomic E-state index is 0.596. The number of hydrogen-bond acceptors (Lipinski definition) is 2. The molecule has 2 heterocycles. The number of fused-ring (bicyclic) bond motifs is 1. The number of aromatic nitrogens is 3. The summed E-state index contributed by atoms with van der Waals surface area (Å²) >= 11 is 9.13. The summed E-state index contributed by atoms with van der Waals surface area (Å²) in [5.41, 5.74) is 2.27. The fourth-order valence-electron chi connectivity index (χ4n) is 0.966. The highest BCUT2D eigenvalue weighted by atomic mass is 79.9. The highest BCUT2D eigenvalue weighted by Gasteiger charge is 2.06. The maximum absolute atomic E-state index is 5.84. The lowest BCUT2D eigenvalue weighted by Gasteiger charge is -1.95. The highest BCUT2D eigenvalue weighted by Crippen LogP contribution is 2.22. The number of nitrogens with zero attached hydrogens (tertiary/aromatic N) is 2. The SMILES string of the molecule is Cc1nc2[nH]cc(Cl)c2nc1Br. The van der Waals surface area contributed by atoms with Gasteiger partial charge in [-0.05, 0) is 22.9 Å². The van der Waals surface area contributed by atoms with E-state index < -0.39 is 0 Å². The van der Waals surface area contributed by atoms with E-state index in [1.54, 1.807) is 6.20 Å². The number of H-pyrrole nitrogens is 1. The summed E-state index contributed by atoms with van der Waals surface area (Å²) < 4.78 is 0.733. The van der Waals surface area contributed by atoms with Crippen molar-refractivity contribution in [2.24, 2.45) is 0 Å². The third kappa shape index (κ3) is 1.11. The molecule has 0 unspecified atom stereocenters. The third-order valence-electron chi connectivity index (χ3n) is 1.57. The summed E-state index contributed by atoms with van der Waals surface area (Å²) in [5, 5.41) is 0.596. The number of aryl methyl sites for hydroxylation is 1. The maximum Gasteiger partial charge on any atom is 0.157 e. The first-order valence-electron chi connectivity index (χ1n) is 3.35. The summed E-state index contributed by atoms with van der Waals surface area (Å²) in [6.45, 7) is 1.88. The Morgan fingerprint density at radius 1 is 1.50 bits per heavy atom. The van der Waals surface area contributed by atoms with Gasteiger partial charge in [-0.2, -0.15) is 0 Å². The van der Waals surface area contributed by atoms with Gasteiger partial charge in [-0.15, -0.1) is 0 Å². The number of nitrogens with one attached hydrogen (secondary N) is 1. The van der Waals surface area contributed by atoms with Crippen LogP contribution in [0.15, 0.2) is 10.8 Å². The highest BCUT2D eigenvalue weighted by molar-refractivity contribution is 9.10. The van der Waals surface area contributed by atoms with Gasteiger partial charge in [-0.25, -0.2) is 9.97 Å². The minimum atomic E-state index is 0.596. The molecular weight excluding hydrogens is 241 g/mol. The second kappa shape index (κ2) is 2.71.